The van der Waals surface area contributed by atoms with Crippen LogP contribution in [-0.2, 0) is 0 Å². The molecular formula is C62H94GeN2Si2. The van der Waals surface area contributed by atoms with E-state index in [1.54, 1.807) is 54.1 Å². The van der Waals surface area contributed by atoms with E-state index in [1.807, 2.05) is 0 Å². The van der Waals surface area contributed by atoms with Gasteiger partial charge in [-0.3, -0.25) is 0 Å². The van der Waals surface area contributed by atoms with Crippen LogP contribution in [0.3, 0.4) is 0 Å². The summed E-state index contributed by atoms with van der Waals surface area (Å²) in [7, 11) is -2.88. The van der Waals surface area contributed by atoms with Crippen LogP contribution in [0.4, 0.5) is 0 Å². The minimum atomic E-state index is -1.46. The van der Waals surface area contributed by atoms with Crippen LogP contribution < -0.4 is 20.7 Å². The number of benzene rings is 4. The predicted molar refractivity (Wildman–Crippen MR) is 306 cm³/mol. The van der Waals surface area contributed by atoms with Gasteiger partial charge in [0, 0.05) is 0 Å². The molecule has 0 aliphatic carbocycles. The molecule has 0 atom stereocenters. The van der Waals surface area contributed by atoms with Crippen LogP contribution in [0.25, 0.3) is 0 Å². The van der Waals surface area contributed by atoms with Crippen molar-refractivity contribution < 1.29 is 0 Å². The zero-order valence-electron chi connectivity index (χ0n) is 47.1. The van der Waals surface area contributed by atoms with Gasteiger partial charge >= 0.3 is 95.5 Å². The first-order valence-electron chi connectivity index (χ1n) is 26.3. The molecule has 0 saturated carbocycles. The van der Waals surface area contributed by atoms with Crippen molar-refractivity contribution in [1.82, 2.24) is 9.80 Å². The molecule has 0 N–H and O–H groups in total. The Hall–Kier alpha value is -2.93. The Kier molecular flexibility index (Phi) is 20.1. The number of hydrogen-bond acceptors (Lipinski definition) is 2. The van der Waals surface area contributed by atoms with Crippen LogP contribution in [0.2, 0.25) is 0 Å². The van der Waals surface area contributed by atoms with Crippen LogP contribution in [0.1, 0.15) is 270 Å². The third-order valence-corrected chi connectivity index (χ3v) is 24.5. The molecule has 0 amide bonds. The molecule has 0 unspecified atom stereocenters. The molecule has 0 saturated heterocycles. The van der Waals surface area contributed by atoms with Gasteiger partial charge in [0.25, 0.3) is 0 Å². The summed E-state index contributed by atoms with van der Waals surface area (Å²) in [6.45, 7) is 57.2. The average molecular weight is 996 g/mol. The molecule has 4 radical (unpaired) electrons. The molecule has 4 aromatic rings. The van der Waals surface area contributed by atoms with Crippen molar-refractivity contribution in [3.05, 3.63) is 128 Å². The number of hydrogen-bond donors (Lipinski definition) is 0. The van der Waals surface area contributed by atoms with Crippen molar-refractivity contribution in [3.8, 4) is 0 Å². The molecule has 0 bridgehead atoms. The van der Waals surface area contributed by atoms with E-state index in [-0.39, 0.29) is 0 Å². The van der Waals surface area contributed by atoms with Crippen LogP contribution in [0, 0.1) is 0 Å². The fourth-order valence-electron chi connectivity index (χ4n) is 10.2. The summed E-state index contributed by atoms with van der Waals surface area (Å²) >= 11 is 2.21. The van der Waals surface area contributed by atoms with Crippen LogP contribution >= 0.6 is 0 Å². The molecule has 0 fully saturated rings. The van der Waals surface area contributed by atoms with Crippen molar-refractivity contribution in [2.75, 3.05) is 0 Å². The van der Waals surface area contributed by atoms with E-state index in [1.165, 1.54) is 32.7 Å². The Morgan fingerprint density at radius 1 is 0.343 bits per heavy atom. The van der Waals surface area contributed by atoms with Crippen molar-refractivity contribution >= 4 is 58.0 Å². The maximum atomic E-state index is 2.65. The zero-order chi connectivity index (χ0) is 50.7. The van der Waals surface area contributed by atoms with Crippen LogP contribution in [0.5, 0.6) is 0 Å². The van der Waals surface area contributed by atoms with Gasteiger partial charge in [-0.1, -0.05) is 212 Å². The summed E-state index contributed by atoms with van der Waals surface area (Å²) in [6.07, 6.45) is 0. The summed E-state index contributed by atoms with van der Waals surface area (Å²) in [5.74, 6) is 4.04. The molecule has 0 spiro atoms. The second kappa shape index (κ2) is 23.8. The van der Waals surface area contributed by atoms with Gasteiger partial charge in [-0.25, -0.2) is 0 Å². The van der Waals surface area contributed by atoms with Crippen LogP contribution in [0.15, 0.2) is 78.1 Å². The van der Waals surface area contributed by atoms with Crippen LogP contribution in [-0.4, -0.2) is 59.2 Å². The molecule has 67 heavy (non-hydrogen) atoms. The Morgan fingerprint density at radius 3 is 0.776 bits per heavy atom. The topological polar surface area (TPSA) is 6.48 Å². The Morgan fingerprint density at radius 2 is 0.582 bits per heavy atom. The first kappa shape index (κ1) is 56.7. The fourth-order valence-corrected chi connectivity index (χ4v) is 24.2. The van der Waals surface area contributed by atoms with Crippen molar-refractivity contribution in [2.45, 2.75) is 232 Å². The van der Waals surface area contributed by atoms with Gasteiger partial charge in [-0.2, -0.15) is 0 Å². The summed E-state index contributed by atoms with van der Waals surface area (Å²) < 4.78 is 1.37. The standard InChI is InChI=1S/C51H74Si2.C11H20GeN2/c1-30(2)39-24-43(33(7)8)49(44(25-39)34(9)10)52(42-22-20-19-21-23-42)53(50-45(35(11)12)26-40(31(3)4)27-46(50)36(13)14)51-47(37(15)16)28-41(32(5)6)29-48(51)38(17)18;1-7(2)13-9(5)10(6)14(8(3)4)11(13)12/h19-38H,1-18H3;7-8H,1-6H3. The molecule has 1 aliphatic rings. The SMILES string of the molecule is CC(C)c1cc(C(C)C)c([Si](c2ccccc2)[Si](c2c(C(C)C)cc(C(C)C)cc2C(C)C)c2c(C(C)C)cc(C(C)C)cc2C(C)C)c(C(C)C)c1.CC1=C(C)N(C(C)C)[C](=[Ge])N1C(C)C. The van der Waals surface area contributed by atoms with Gasteiger partial charge in [0.15, 0.2) is 0 Å². The summed E-state index contributed by atoms with van der Waals surface area (Å²) in [5.41, 5.74) is 16.8. The van der Waals surface area contributed by atoms with E-state index in [9.17, 15) is 0 Å². The first-order valence-corrected chi connectivity index (χ1v) is 31.4. The van der Waals surface area contributed by atoms with E-state index < -0.39 is 16.6 Å². The Balaban J connectivity index is 0.000000597. The predicted octanol–water partition coefficient (Wildman–Crippen LogP) is 14.7. The summed E-state index contributed by atoms with van der Waals surface area (Å²) in [4.78, 5) is 4.82. The van der Waals surface area contributed by atoms with Crippen molar-refractivity contribution in [2.24, 2.45) is 0 Å². The fraction of sp³-hybridized carbons (Fsp3) is 0.565. The number of nitrogens with zero attached hydrogens (tertiary/aromatic N) is 2. The third-order valence-electron chi connectivity index (χ3n) is 14.2. The van der Waals surface area contributed by atoms with Crippen molar-refractivity contribution in [1.29, 1.82) is 0 Å². The van der Waals surface area contributed by atoms with Gasteiger partial charge in [0.1, 0.15) is 16.6 Å². The molecule has 5 heteroatoms. The van der Waals surface area contributed by atoms with Gasteiger partial charge in [-0.15, -0.1) is 0 Å². The minimum absolute atomic E-state index is 0.428. The molecular weight excluding hydrogens is 901 g/mol. The third kappa shape index (κ3) is 12.5. The van der Waals surface area contributed by atoms with Gasteiger partial charge in [0.05, 0.1) is 0 Å². The zero-order valence-corrected chi connectivity index (χ0v) is 51.2. The number of rotatable bonds is 16. The summed E-state index contributed by atoms with van der Waals surface area (Å²) in [5, 5.41) is 6.72. The normalized spacial score (nSPS) is 13.8. The molecule has 0 aromatic heterocycles. The Labute approximate surface area is 425 Å². The second-order valence-corrected chi connectivity index (χ2v) is 30.7. The van der Waals surface area contributed by atoms with Gasteiger partial charge in [0.2, 0.25) is 0 Å². The molecule has 1 aliphatic heterocycles. The molecule has 1 heterocycles. The van der Waals surface area contributed by atoms with Gasteiger partial charge < -0.3 is 0 Å². The molecule has 4 aromatic carbocycles. The molecule has 364 valence electrons. The van der Waals surface area contributed by atoms with E-state index in [4.69, 9.17) is 0 Å². The summed E-state index contributed by atoms with van der Waals surface area (Å²) in [6, 6.07) is 28.9. The van der Waals surface area contributed by atoms with E-state index >= 15 is 0 Å². The van der Waals surface area contributed by atoms with Crippen molar-refractivity contribution in [3.63, 3.8) is 0 Å². The van der Waals surface area contributed by atoms with E-state index in [2.05, 4.69) is 259 Å². The quantitative estimate of drug-likeness (QED) is 0.103. The van der Waals surface area contributed by atoms with Gasteiger partial charge in [-0.05, 0) is 103 Å². The molecule has 2 nitrogen and oxygen atoms in total. The maximum absolute atomic E-state index is 2.65. The van der Waals surface area contributed by atoms with E-state index in [0.717, 1.165) is 0 Å². The monoisotopic (exact) mass is 997 g/mol. The van der Waals surface area contributed by atoms with E-state index in [0.29, 0.717) is 65.3 Å². The Bertz CT molecular complexity index is 2140. The molecule has 5 rings (SSSR count). The second-order valence-electron chi connectivity index (χ2n) is 23.2. The average Bonchev–Trinajstić information content (AvgIpc) is 3.47. The number of allylic oxidation sites excluding steroid dienone is 2. The first-order chi connectivity index (χ1) is 31.1.